The van der Waals surface area contributed by atoms with E-state index in [0.29, 0.717) is 32.8 Å². The Kier molecular flexibility index (Phi) is 4.26. The molecule has 0 bridgehead atoms. The van der Waals surface area contributed by atoms with Gasteiger partial charge in [-0.3, -0.25) is 0 Å². The maximum Gasteiger partial charge on any atom is 0.320 e. The molecule has 1 aromatic heterocycles. The quantitative estimate of drug-likeness (QED) is 0.774. The van der Waals surface area contributed by atoms with Crippen molar-refractivity contribution >= 4 is 11.8 Å². The number of carbonyl (C=O) groups excluding carboxylic acids is 1. The maximum absolute atomic E-state index is 12.8. The molecule has 0 spiro atoms. The summed E-state index contributed by atoms with van der Waals surface area (Å²) in [6.07, 6.45) is 3.25. The number of aromatic nitrogens is 2. The van der Waals surface area contributed by atoms with Crippen LogP contribution in [0, 0.1) is 6.92 Å². The third-order valence-corrected chi connectivity index (χ3v) is 5.11. The Labute approximate surface area is 142 Å². The van der Waals surface area contributed by atoms with Crippen LogP contribution in [0.4, 0.5) is 10.6 Å². The number of amides is 2. The van der Waals surface area contributed by atoms with Crippen LogP contribution >= 0.6 is 0 Å². The first-order valence-corrected chi connectivity index (χ1v) is 8.95. The van der Waals surface area contributed by atoms with Gasteiger partial charge in [-0.25, -0.2) is 14.8 Å². The Morgan fingerprint density at radius 3 is 2.50 bits per heavy atom. The maximum atomic E-state index is 12.8. The lowest BCUT2D eigenvalue weighted by atomic mass is 10.1. The van der Waals surface area contributed by atoms with E-state index >= 15 is 0 Å². The molecule has 0 radical (unpaired) electrons. The first-order valence-electron chi connectivity index (χ1n) is 8.95. The summed E-state index contributed by atoms with van der Waals surface area (Å²) in [6.45, 7) is 8.08. The highest BCUT2D eigenvalue weighted by atomic mass is 16.5. The number of morpholine rings is 1. The highest BCUT2D eigenvalue weighted by Crippen LogP contribution is 2.29. The van der Waals surface area contributed by atoms with E-state index in [4.69, 9.17) is 9.72 Å². The number of nitrogens with zero attached hydrogens (tertiary/aromatic N) is 5. The van der Waals surface area contributed by atoms with Gasteiger partial charge in [0.15, 0.2) is 0 Å². The zero-order chi connectivity index (χ0) is 16.5. The van der Waals surface area contributed by atoms with E-state index in [1.807, 2.05) is 16.7 Å². The van der Waals surface area contributed by atoms with Crippen LogP contribution in [0.3, 0.4) is 0 Å². The standard InChI is InChI=1S/C17H25N5O2/c1-13-18-15-4-7-22(17(23)21-8-10-24-11-9-21)12-14(15)16(19-13)20-5-2-3-6-20/h2-12H2,1H3. The Hall–Kier alpha value is -1.89. The van der Waals surface area contributed by atoms with Crippen molar-refractivity contribution in [2.24, 2.45) is 0 Å². The van der Waals surface area contributed by atoms with E-state index in [2.05, 4.69) is 9.88 Å². The van der Waals surface area contributed by atoms with Crippen molar-refractivity contribution in [1.29, 1.82) is 0 Å². The smallest absolute Gasteiger partial charge is 0.320 e. The van der Waals surface area contributed by atoms with Crippen molar-refractivity contribution < 1.29 is 9.53 Å². The Morgan fingerprint density at radius 1 is 1.00 bits per heavy atom. The monoisotopic (exact) mass is 331 g/mol. The molecule has 0 aliphatic carbocycles. The van der Waals surface area contributed by atoms with Gasteiger partial charge in [-0.2, -0.15) is 0 Å². The third kappa shape index (κ3) is 2.92. The van der Waals surface area contributed by atoms with Crippen molar-refractivity contribution in [3.63, 3.8) is 0 Å². The molecule has 3 aliphatic rings. The summed E-state index contributed by atoms with van der Waals surface area (Å²) >= 11 is 0. The lowest BCUT2D eigenvalue weighted by Crippen LogP contribution is -2.49. The van der Waals surface area contributed by atoms with Crippen LogP contribution in [-0.4, -0.2) is 71.7 Å². The number of rotatable bonds is 1. The van der Waals surface area contributed by atoms with E-state index in [1.54, 1.807) is 0 Å². The minimum Gasteiger partial charge on any atom is -0.378 e. The molecule has 0 saturated carbocycles. The van der Waals surface area contributed by atoms with Gasteiger partial charge in [-0.1, -0.05) is 0 Å². The van der Waals surface area contributed by atoms with Crippen molar-refractivity contribution in [1.82, 2.24) is 19.8 Å². The van der Waals surface area contributed by atoms with Gasteiger partial charge in [0.1, 0.15) is 11.6 Å². The zero-order valence-electron chi connectivity index (χ0n) is 14.3. The number of anilines is 1. The van der Waals surface area contributed by atoms with Gasteiger partial charge in [0.05, 0.1) is 25.5 Å². The molecule has 0 atom stereocenters. The second kappa shape index (κ2) is 6.55. The van der Waals surface area contributed by atoms with Gasteiger partial charge in [-0.15, -0.1) is 0 Å². The minimum atomic E-state index is 0.122. The van der Waals surface area contributed by atoms with Crippen LogP contribution in [0.25, 0.3) is 0 Å². The highest BCUT2D eigenvalue weighted by molar-refractivity contribution is 5.75. The molecule has 4 heterocycles. The van der Waals surface area contributed by atoms with E-state index < -0.39 is 0 Å². The largest absolute Gasteiger partial charge is 0.378 e. The molecule has 24 heavy (non-hydrogen) atoms. The fourth-order valence-electron chi connectivity index (χ4n) is 3.83. The van der Waals surface area contributed by atoms with Crippen LogP contribution in [0.1, 0.15) is 29.9 Å². The van der Waals surface area contributed by atoms with Gasteiger partial charge in [0.2, 0.25) is 0 Å². The lowest BCUT2D eigenvalue weighted by Gasteiger charge is -2.36. The minimum absolute atomic E-state index is 0.122. The normalized spacial score (nSPS) is 21.1. The van der Waals surface area contributed by atoms with Crippen LogP contribution in [0.5, 0.6) is 0 Å². The van der Waals surface area contributed by atoms with Gasteiger partial charge < -0.3 is 19.4 Å². The average molecular weight is 331 g/mol. The molecule has 7 heteroatoms. The van der Waals surface area contributed by atoms with E-state index in [1.165, 1.54) is 12.8 Å². The number of hydrogen-bond donors (Lipinski definition) is 0. The number of carbonyl (C=O) groups is 1. The van der Waals surface area contributed by atoms with Gasteiger partial charge in [-0.05, 0) is 19.8 Å². The van der Waals surface area contributed by atoms with Crippen molar-refractivity contribution in [2.75, 3.05) is 50.8 Å². The molecular formula is C17H25N5O2. The number of urea groups is 1. The topological polar surface area (TPSA) is 61.8 Å². The molecule has 2 amide bonds. The number of ether oxygens (including phenoxy) is 1. The molecule has 0 unspecified atom stereocenters. The van der Waals surface area contributed by atoms with Crippen molar-refractivity contribution in [3.8, 4) is 0 Å². The molecule has 0 aromatic carbocycles. The molecule has 0 N–H and O–H groups in total. The number of fused-ring (bicyclic) bond motifs is 1. The Morgan fingerprint density at radius 2 is 1.75 bits per heavy atom. The predicted octanol–water partition coefficient (Wildman–Crippen LogP) is 1.20. The fourth-order valence-corrected chi connectivity index (χ4v) is 3.83. The van der Waals surface area contributed by atoms with Crippen LogP contribution in [-0.2, 0) is 17.7 Å². The first-order chi connectivity index (χ1) is 11.7. The summed E-state index contributed by atoms with van der Waals surface area (Å²) in [7, 11) is 0. The fraction of sp³-hybridized carbons (Fsp3) is 0.706. The molecule has 1 aromatic rings. The lowest BCUT2D eigenvalue weighted by molar-refractivity contribution is 0.0421. The number of hydrogen-bond acceptors (Lipinski definition) is 5. The summed E-state index contributed by atoms with van der Waals surface area (Å²) in [5.74, 6) is 1.89. The predicted molar refractivity (Wildman–Crippen MR) is 90.1 cm³/mol. The highest BCUT2D eigenvalue weighted by Gasteiger charge is 2.30. The molecular weight excluding hydrogens is 306 g/mol. The second-order valence-electron chi connectivity index (χ2n) is 6.77. The van der Waals surface area contributed by atoms with Crippen molar-refractivity contribution in [3.05, 3.63) is 17.1 Å². The van der Waals surface area contributed by atoms with Crippen LogP contribution < -0.4 is 4.90 Å². The molecule has 7 nitrogen and oxygen atoms in total. The van der Waals surface area contributed by atoms with Gasteiger partial charge >= 0.3 is 6.03 Å². The summed E-state index contributed by atoms with van der Waals surface area (Å²) < 4.78 is 5.35. The molecule has 4 rings (SSSR count). The summed E-state index contributed by atoms with van der Waals surface area (Å²) in [4.78, 5) is 28.4. The summed E-state index contributed by atoms with van der Waals surface area (Å²) in [5.41, 5.74) is 2.27. The Bertz CT molecular complexity index is 624. The van der Waals surface area contributed by atoms with Gasteiger partial charge in [0, 0.05) is 44.7 Å². The van der Waals surface area contributed by atoms with Gasteiger partial charge in [0.25, 0.3) is 0 Å². The molecule has 2 fully saturated rings. The molecule has 3 aliphatic heterocycles. The van der Waals surface area contributed by atoms with Crippen molar-refractivity contribution in [2.45, 2.75) is 32.7 Å². The summed E-state index contributed by atoms with van der Waals surface area (Å²) in [6, 6.07) is 0.122. The molecule has 2 saturated heterocycles. The first kappa shape index (κ1) is 15.6. The van der Waals surface area contributed by atoms with E-state index in [9.17, 15) is 4.79 Å². The average Bonchev–Trinajstić information content (AvgIpc) is 3.15. The van der Waals surface area contributed by atoms with E-state index in [-0.39, 0.29) is 6.03 Å². The summed E-state index contributed by atoms with van der Waals surface area (Å²) in [5, 5.41) is 0. The SMILES string of the molecule is Cc1nc2c(c(N3CCCC3)n1)CN(C(=O)N1CCOCC1)CC2. The second-order valence-corrected chi connectivity index (χ2v) is 6.77. The van der Waals surface area contributed by atoms with E-state index in [0.717, 1.165) is 49.0 Å². The Balaban J connectivity index is 1.58. The van der Waals surface area contributed by atoms with Crippen LogP contribution in [0.15, 0.2) is 0 Å². The third-order valence-electron chi connectivity index (χ3n) is 5.11. The number of aryl methyl sites for hydroxylation is 1. The van der Waals surface area contributed by atoms with Crippen LogP contribution in [0.2, 0.25) is 0 Å². The molecule has 130 valence electrons. The zero-order valence-corrected chi connectivity index (χ0v) is 14.3.